The first-order valence-electron chi connectivity index (χ1n) is 13.4. The Morgan fingerprint density at radius 3 is 2.47 bits per heavy atom. The molecule has 1 unspecified atom stereocenters. The van der Waals surface area contributed by atoms with E-state index >= 15 is 4.39 Å². The van der Waals surface area contributed by atoms with Crippen LogP contribution in [0.3, 0.4) is 0 Å². The van der Waals surface area contributed by atoms with Gasteiger partial charge in [-0.2, -0.15) is 23.1 Å². The summed E-state index contributed by atoms with van der Waals surface area (Å²) in [4.78, 5) is 21.0. The number of hydrogen-bond acceptors (Lipinski definition) is 9. The monoisotopic (exact) mass is 618 g/mol. The van der Waals surface area contributed by atoms with Gasteiger partial charge in [-0.3, -0.25) is 4.98 Å². The molecule has 1 atom stereocenters. The molecule has 1 aromatic carbocycles. The quantitative estimate of drug-likeness (QED) is 0.172. The molecule has 4 aromatic rings. The van der Waals surface area contributed by atoms with Crippen molar-refractivity contribution in [2.45, 2.75) is 32.0 Å². The number of fused-ring (bicyclic) bond motifs is 1. The summed E-state index contributed by atoms with van der Waals surface area (Å²) in [5, 5.41) is -0.516. The summed E-state index contributed by atoms with van der Waals surface area (Å²) < 4.78 is 64.5. The minimum atomic E-state index is -4.90. The van der Waals surface area contributed by atoms with Gasteiger partial charge in [-0.15, -0.1) is 0 Å². The van der Waals surface area contributed by atoms with Crippen molar-refractivity contribution in [2.75, 3.05) is 50.7 Å². The van der Waals surface area contributed by atoms with Gasteiger partial charge in [-0.05, 0) is 52.1 Å². The number of nitrogens with zero attached hydrogens (tertiary/aromatic N) is 6. The summed E-state index contributed by atoms with van der Waals surface area (Å²) >= 11 is 5.94. The summed E-state index contributed by atoms with van der Waals surface area (Å²) in [7, 11) is 5.65. The molecule has 43 heavy (non-hydrogen) atoms. The van der Waals surface area contributed by atoms with E-state index in [1.807, 2.05) is 27.1 Å². The molecule has 14 heteroatoms. The van der Waals surface area contributed by atoms with Crippen LogP contribution in [-0.4, -0.2) is 59.1 Å². The summed E-state index contributed by atoms with van der Waals surface area (Å²) in [6.45, 7) is 2.93. The van der Waals surface area contributed by atoms with Gasteiger partial charge in [-0.1, -0.05) is 17.7 Å². The van der Waals surface area contributed by atoms with Crippen molar-refractivity contribution in [2.24, 2.45) is 5.41 Å². The van der Waals surface area contributed by atoms with Gasteiger partial charge in [0.05, 0.1) is 28.6 Å². The van der Waals surface area contributed by atoms with Gasteiger partial charge in [0.2, 0.25) is 0 Å². The second kappa shape index (κ2) is 11.3. The molecule has 0 bridgehead atoms. The highest BCUT2D eigenvalue weighted by atomic mass is 35.5. The lowest BCUT2D eigenvalue weighted by Gasteiger charge is -2.28. The van der Waals surface area contributed by atoms with Gasteiger partial charge in [0.15, 0.2) is 5.82 Å². The molecule has 1 aliphatic rings. The predicted octanol–water partition coefficient (Wildman–Crippen LogP) is 5.98. The van der Waals surface area contributed by atoms with Gasteiger partial charge in [0.1, 0.15) is 22.8 Å². The fourth-order valence-corrected chi connectivity index (χ4v) is 5.57. The average Bonchev–Trinajstić information content (AvgIpc) is 3.68. The average molecular weight is 619 g/mol. The molecule has 4 N–H and O–H groups in total. The largest absolute Gasteiger partial charge is 0.463 e. The molecule has 3 aromatic heterocycles. The Morgan fingerprint density at radius 1 is 1.12 bits per heavy atom. The zero-order chi connectivity index (χ0) is 31.3. The standard InChI is InChI=1S/C29H31ClF4N8O/c1-15(17-6-5-9-37-25(17)36)42(4)26-19-12-38-23(18-10-16(35)11-20(30)21(18)29(32,33)34)22(31)24(19)39-27(40-26)43-14-28(7-8-28)13-41(2)3/h5-6,9-12,15H,7-8,13-14,35H2,1-4H3,(H2,36,37). The minimum absolute atomic E-state index is 0.0834. The molecule has 9 nitrogen and oxygen atoms in total. The minimum Gasteiger partial charge on any atom is -0.463 e. The van der Waals surface area contributed by atoms with Crippen LogP contribution in [-0.2, 0) is 6.18 Å². The first-order valence-corrected chi connectivity index (χ1v) is 13.8. The van der Waals surface area contributed by atoms with Gasteiger partial charge < -0.3 is 26.0 Å². The van der Waals surface area contributed by atoms with Crippen molar-refractivity contribution in [1.29, 1.82) is 0 Å². The molecule has 0 saturated heterocycles. The van der Waals surface area contributed by atoms with Crippen molar-refractivity contribution < 1.29 is 22.3 Å². The van der Waals surface area contributed by atoms with Crippen molar-refractivity contribution in [3.05, 3.63) is 58.6 Å². The van der Waals surface area contributed by atoms with Gasteiger partial charge in [0, 0.05) is 48.2 Å². The van der Waals surface area contributed by atoms with Crippen LogP contribution in [0, 0.1) is 11.2 Å². The highest BCUT2D eigenvalue weighted by Gasteiger charge is 2.44. The summed E-state index contributed by atoms with van der Waals surface area (Å²) in [5.74, 6) is -0.553. The second-order valence-electron chi connectivity index (χ2n) is 11.2. The SMILES string of the molecule is CC(c1cccnc1N)N(C)c1nc(OCC2(CN(C)C)CC2)nc2c(F)c(-c3cc(N)cc(Cl)c3C(F)(F)F)ncc12. The second-order valence-corrected chi connectivity index (χ2v) is 11.6. The number of ether oxygens (including phenoxy) is 1. The summed E-state index contributed by atoms with van der Waals surface area (Å²) in [5.41, 5.74) is 9.71. The third kappa shape index (κ3) is 6.09. The maximum atomic E-state index is 16.3. The van der Waals surface area contributed by atoms with Crippen molar-refractivity contribution in [3.8, 4) is 17.3 Å². The normalized spacial score (nSPS) is 15.1. The lowest BCUT2D eigenvalue weighted by Crippen LogP contribution is -2.28. The van der Waals surface area contributed by atoms with Crippen LogP contribution in [0.25, 0.3) is 22.2 Å². The van der Waals surface area contributed by atoms with E-state index in [0.29, 0.717) is 11.4 Å². The summed E-state index contributed by atoms with van der Waals surface area (Å²) in [6.07, 6.45) is -0.214. The maximum Gasteiger partial charge on any atom is 0.418 e. The van der Waals surface area contributed by atoms with E-state index in [-0.39, 0.29) is 40.4 Å². The number of benzene rings is 1. The fraction of sp³-hybridized carbons (Fsp3) is 0.379. The Balaban J connectivity index is 1.67. The van der Waals surface area contributed by atoms with E-state index < -0.39 is 39.9 Å². The van der Waals surface area contributed by atoms with E-state index in [9.17, 15) is 13.2 Å². The number of nitrogen functional groups attached to an aromatic ring is 2. The van der Waals surface area contributed by atoms with Crippen molar-refractivity contribution in [1.82, 2.24) is 24.8 Å². The number of halogens is 5. The van der Waals surface area contributed by atoms with Crippen molar-refractivity contribution >= 4 is 39.8 Å². The zero-order valence-corrected chi connectivity index (χ0v) is 24.8. The third-order valence-corrected chi connectivity index (χ3v) is 7.95. The third-order valence-electron chi connectivity index (χ3n) is 7.65. The van der Waals surface area contributed by atoms with E-state index in [1.165, 1.54) is 6.20 Å². The van der Waals surface area contributed by atoms with E-state index in [4.69, 9.17) is 27.8 Å². The number of alkyl halides is 3. The Morgan fingerprint density at radius 2 is 1.84 bits per heavy atom. The Bertz CT molecular complexity index is 1680. The molecule has 1 fully saturated rings. The maximum absolute atomic E-state index is 16.3. The molecular weight excluding hydrogens is 588 g/mol. The number of nitrogens with two attached hydrogens (primary N) is 2. The molecular formula is C29H31ClF4N8O. The molecule has 5 rings (SSSR count). The number of pyridine rings is 2. The zero-order valence-electron chi connectivity index (χ0n) is 24.0. The highest BCUT2D eigenvalue weighted by Crippen LogP contribution is 2.47. The topological polar surface area (TPSA) is 119 Å². The number of aromatic nitrogens is 4. The molecule has 1 saturated carbocycles. The molecule has 228 valence electrons. The lowest BCUT2D eigenvalue weighted by molar-refractivity contribution is -0.137. The van der Waals surface area contributed by atoms with Crippen LogP contribution >= 0.6 is 11.6 Å². The number of rotatable bonds is 9. The van der Waals surface area contributed by atoms with Gasteiger partial charge >= 0.3 is 12.2 Å². The van der Waals surface area contributed by atoms with Crippen LogP contribution in [0.4, 0.5) is 34.9 Å². The van der Waals surface area contributed by atoms with Gasteiger partial charge in [0.25, 0.3) is 0 Å². The van der Waals surface area contributed by atoms with Crippen LogP contribution in [0.15, 0.2) is 36.7 Å². The predicted molar refractivity (Wildman–Crippen MR) is 158 cm³/mol. The highest BCUT2D eigenvalue weighted by molar-refractivity contribution is 6.32. The molecule has 3 heterocycles. The number of anilines is 3. The van der Waals surface area contributed by atoms with Crippen LogP contribution in [0.2, 0.25) is 5.02 Å². The van der Waals surface area contributed by atoms with Gasteiger partial charge in [-0.25, -0.2) is 9.37 Å². The molecule has 0 aliphatic heterocycles. The Hall–Kier alpha value is -3.97. The van der Waals surface area contributed by atoms with Crippen molar-refractivity contribution in [3.63, 3.8) is 0 Å². The Kier molecular flexibility index (Phi) is 7.99. The molecule has 0 radical (unpaired) electrons. The van der Waals surface area contributed by atoms with Crippen LogP contribution < -0.4 is 21.1 Å². The van der Waals surface area contributed by atoms with E-state index in [2.05, 4.69) is 24.8 Å². The molecule has 0 amide bonds. The molecule has 0 spiro atoms. The first kappa shape index (κ1) is 30.5. The fourth-order valence-electron chi connectivity index (χ4n) is 5.23. The number of hydrogen-bond donors (Lipinski definition) is 2. The first-order chi connectivity index (χ1) is 20.2. The van der Waals surface area contributed by atoms with Crippen LogP contribution in [0.1, 0.15) is 36.9 Å². The molecule has 1 aliphatic carbocycles. The smallest absolute Gasteiger partial charge is 0.418 e. The lowest BCUT2D eigenvalue weighted by atomic mass is 10.0. The Labute approximate surface area is 250 Å². The van der Waals surface area contributed by atoms with Crippen LogP contribution in [0.5, 0.6) is 6.01 Å². The van der Waals surface area contributed by atoms with E-state index in [0.717, 1.165) is 31.5 Å². The summed E-state index contributed by atoms with van der Waals surface area (Å²) in [6, 6.07) is 4.98. The van der Waals surface area contributed by atoms with E-state index in [1.54, 1.807) is 24.2 Å².